The van der Waals surface area contributed by atoms with E-state index in [1.165, 1.54) is 18.4 Å². The molecule has 34 heavy (non-hydrogen) atoms. The minimum atomic E-state index is -1.01. The molecule has 1 fully saturated rings. The Bertz CT molecular complexity index is 1350. The highest BCUT2D eigenvalue weighted by atomic mass is 35.5. The van der Waals surface area contributed by atoms with Crippen LogP contribution in [0.5, 0.6) is 0 Å². The van der Waals surface area contributed by atoms with Crippen LogP contribution < -0.4 is 16.0 Å². The van der Waals surface area contributed by atoms with Gasteiger partial charge in [0.2, 0.25) is 5.91 Å². The summed E-state index contributed by atoms with van der Waals surface area (Å²) < 4.78 is 0. The molecule has 10 heteroatoms. The third-order valence-electron chi connectivity index (χ3n) is 5.46. The van der Waals surface area contributed by atoms with Crippen molar-refractivity contribution in [3.63, 3.8) is 0 Å². The van der Waals surface area contributed by atoms with Gasteiger partial charge in [0.1, 0.15) is 17.6 Å². The fraction of sp³-hybridized carbons (Fsp3) is 0.208. The summed E-state index contributed by atoms with van der Waals surface area (Å²) in [6, 6.07) is 7.17. The largest absolute Gasteiger partial charge is 0.357 e. The van der Waals surface area contributed by atoms with Gasteiger partial charge in [-0.2, -0.15) is 0 Å². The van der Waals surface area contributed by atoms with Gasteiger partial charge in [-0.05, 0) is 23.6 Å². The van der Waals surface area contributed by atoms with E-state index in [0.717, 1.165) is 18.4 Å². The third-order valence-corrected chi connectivity index (χ3v) is 6.54. The molecule has 3 N–H and O–H groups in total. The number of benzene rings is 1. The van der Waals surface area contributed by atoms with E-state index in [1.807, 2.05) is 6.07 Å². The Labute approximate surface area is 205 Å². The predicted octanol–water partition coefficient (Wildman–Crippen LogP) is 4.36. The van der Waals surface area contributed by atoms with E-state index in [-0.39, 0.29) is 5.82 Å². The molecule has 1 saturated carbocycles. The van der Waals surface area contributed by atoms with Gasteiger partial charge in [0.05, 0.1) is 0 Å². The second-order valence-corrected chi connectivity index (χ2v) is 8.88. The van der Waals surface area contributed by atoms with Crippen molar-refractivity contribution in [3.05, 3.63) is 74.6 Å². The molecule has 1 aromatic carbocycles. The van der Waals surface area contributed by atoms with Crippen molar-refractivity contribution >= 4 is 40.7 Å². The highest BCUT2D eigenvalue weighted by Crippen LogP contribution is 2.52. The van der Waals surface area contributed by atoms with E-state index >= 15 is 0 Å². The molecule has 0 spiro atoms. The zero-order valence-electron chi connectivity index (χ0n) is 18.1. The quantitative estimate of drug-likeness (QED) is 0.353. The van der Waals surface area contributed by atoms with Crippen LogP contribution in [0.1, 0.15) is 35.1 Å². The molecule has 8 nitrogen and oxygen atoms in total. The van der Waals surface area contributed by atoms with Crippen molar-refractivity contribution in [1.29, 1.82) is 0 Å². The molecular formula is C24H19ClN6O2S. The zero-order valence-corrected chi connectivity index (χ0v) is 19.6. The number of carbonyl (C=O) groups excluding carboxylic acids is 2. The van der Waals surface area contributed by atoms with Crippen LogP contribution in [0.3, 0.4) is 0 Å². The first kappa shape index (κ1) is 23.2. The van der Waals surface area contributed by atoms with Crippen LogP contribution in [0.15, 0.2) is 41.9 Å². The smallest absolute Gasteiger partial charge is 0.321 e. The van der Waals surface area contributed by atoms with Crippen molar-refractivity contribution in [2.75, 3.05) is 12.4 Å². The van der Waals surface area contributed by atoms with Gasteiger partial charge in [-0.25, -0.2) is 16.4 Å². The molecule has 2 aromatic heterocycles. The van der Waals surface area contributed by atoms with Crippen molar-refractivity contribution in [1.82, 2.24) is 20.6 Å². The van der Waals surface area contributed by atoms with Crippen molar-refractivity contribution < 1.29 is 9.59 Å². The summed E-state index contributed by atoms with van der Waals surface area (Å²) in [6.45, 7) is 7.58. The van der Waals surface area contributed by atoms with Crippen LogP contribution in [0.25, 0.3) is 16.0 Å². The summed E-state index contributed by atoms with van der Waals surface area (Å²) in [5.41, 5.74) is 2.07. The molecule has 3 aromatic rings. The summed E-state index contributed by atoms with van der Waals surface area (Å²) in [5.74, 6) is 2.26. The van der Waals surface area contributed by atoms with Crippen LogP contribution in [0, 0.1) is 18.9 Å². The van der Waals surface area contributed by atoms with Crippen LogP contribution >= 0.6 is 22.9 Å². The van der Waals surface area contributed by atoms with Gasteiger partial charge < -0.3 is 15.5 Å². The molecule has 2 heterocycles. The average Bonchev–Trinajstić information content (AvgIpc) is 3.53. The van der Waals surface area contributed by atoms with Crippen molar-refractivity contribution in [3.8, 4) is 23.5 Å². The second kappa shape index (κ2) is 9.52. The standard InChI is InChI=1S/C24H19ClN6O2S/c1-4-19-29-18(13-34-19)30-23(33)31-20(22(32)26-2)14-7-8-15(17(25)12-14)16-6-5-11-28-21(16)24(27-3)9-10-24/h1,5-8,11-13,20H,9-10H2,2H3,(H,26,32)(H2,30,31,33)/t20-/m1/s1. The number of urea groups is 1. The molecule has 3 amide bonds. The van der Waals surface area contributed by atoms with E-state index < -0.39 is 23.5 Å². The van der Waals surface area contributed by atoms with Gasteiger partial charge in [0.15, 0.2) is 5.01 Å². The number of carbonyl (C=O) groups is 2. The Balaban J connectivity index is 1.61. The molecular weight excluding hydrogens is 472 g/mol. The number of terminal acetylenes is 1. The number of rotatable bonds is 6. The van der Waals surface area contributed by atoms with E-state index in [4.69, 9.17) is 24.6 Å². The number of halogens is 1. The number of hydrogen-bond donors (Lipinski definition) is 3. The number of hydrogen-bond acceptors (Lipinski definition) is 5. The van der Waals surface area contributed by atoms with E-state index in [9.17, 15) is 9.59 Å². The van der Waals surface area contributed by atoms with Crippen LogP contribution in [0.4, 0.5) is 10.6 Å². The molecule has 0 aliphatic heterocycles. The molecule has 170 valence electrons. The highest BCUT2D eigenvalue weighted by molar-refractivity contribution is 7.10. The number of thiazole rings is 1. The zero-order chi connectivity index (χ0) is 24.3. The average molecular weight is 491 g/mol. The third kappa shape index (κ3) is 4.58. The van der Waals surface area contributed by atoms with Gasteiger partial charge in [0, 0.05) is 47.6 Å². The van der Waals surface area contributed by atoms with Gasteiger partial charge in [-0.1, -0.05) is 29.8 Å². The van der Waals surface area contributed by atoms with E-state index in [0.29, 0.717) is 26.9 Å². The maximum atomic E-state index is 12.6. The monoisotopic (exact) mass is 490 g/mol. The Hall–Kier alpha value is -3.92. The predicted molar refractivity (Wildman–Crippen MR) is 131 cm³/mol. The lowest BCUT2D eigenvalue weighted by molar-refractivity contribution is -0.122. The van der Waals surface area contributed by atoms with Crippen LogP contribution in [-0.4, -0.2) is 29.0 Å². The summed E-state index contributed by atoms with van der Waals surface area (Å²) in [4.78, 5) is 37.4. The minimum absolute atomic E-state index is 0.289. The van der Waals surface area contributed by atoms with Crippen LogP contribution in [0.2, 0.25) is 5.02 Å². The number of amides is 3. The fourth-order valence-corrected chi connectivity index (χ4v) is 4.41. The molecule has 0 bridgehead atoms. The Morgan fingerprint density at radius 3 is 2.74 bits per heavy atom. The Kier molecular flexibility index (Phi) is 6.51. The van der Waals surface area contributed by atoms with E-state index in [2.05, 4.69) is 36.7 Å². The number of pyridine rings is 1. The molecule has 0 saturated heterocycles. The SMILES string of the molecule is [C-]#[N+]C1(c2ncccc2-c2ccc([C@@H](NC(=O)Nc3csc(C#C)n3)C(=O)NC)cc2Cl)CC1. The maximum Gasteiger partial charge on any atom is 0.321 e. The normalized spacial score (nSPS) is 14.2. The maximum absolute atomic E-state index is 12.6. The number of nitrogens with zero attached hydrogens (tertiary/aromatic N) is 3. The van der Waals surface area contributed by atoms with Gasteiger partial charge in [0.25, 0.3) is 5.54 Å². The fourth-order valence-electron chi connectivity index (χ4n) is 3.57. The summed E-state index contributed by atoms with van der Waals surface area (Å²) in [5, 5.41) is 10.2. The Morgan fingerprint density at radius 1 is 1.32 bits per heavy atom. The first-order valence-corrected chi connectivity index (χ1v) is 11.5. The first-order chi connectivity index (χ1) is 16.4. The number of nitrogens with one attached hydrogen (secondary N) is 3. The lowest BCUT2D eigenvalue weighted by Crippen LogP contribution is -2.41. The lowest BCUT2D eigenvalue weighted by atomic mass is 9.96. The second-order valence-electron chi connectivity index (χ2n) is 7.61. The van der Waals surface area contributed by atoms with Crippen molar-refractivity contribution in [2.45, 2.75) is 24.4 Å². The molecule has 1 aliphatic carbocycles. The highest BCUT2D eigenvalue weighted by Gasteiger charge is 2.55. The Morgan fingerprint density at radius 2 is 2.12 bits per heavy atom. The van der Waals surface area contributed by atoms with Gasteiger partial charge >= 0.3 is 6.03 Å². The van der Waals surface area contributed by atoms with E-state index in [1.54, 1.807) is 35.8 Å². The topological polar surface area (TPSA) is 100 Å². The molecule has 0 radical (unpaired) electrons. The summed E-state index contributed by atoms with van der Waals surface area (Å²) >= 11 is 7.85. The van der Waals surface area contributed by atoms with Crippen molar-refractivity contribution in [2.24, 2.45) is 0 Å². The summed E-state index contributed by atoms with van der Waals surface area (Å²) in [7, 11) is 1.48. The number of likely N-dealkylation sites (N-methyl/N-ethyl adjacent to an activating group) is 1. The minimum Gasteiger partial charge on any atom is -0.357 e. The number of anilines is 1. The lowest BCUT2D eigenvalue weighted by Gasteiger charge is -2.19. The molecule has 0 unspecified atom stereocenters. The molecule has 1 aliphatic rings. The van der Waals surface area contributed by atoms with Gasteiger partial charge in [-0.15, -0.1) is 17.8 Å². The summed E-state index contributed by atoms with van der Waals surface area (Å²) in [6.07, 6.45) is 8.50. The molecule has 4 rings (SSSR count). The van der Waals surface area contributed by atoms with Gasteiger partial charge in [-0.3, -0.25) is 15.1 Å². The van der Waals surface area contributed by atoms with Crippen LogP contribution in [-0.2, 0) is 10.3 Å². The first-order valence-electron chi connectivity index (χ1n) is 10.3. The molecule has 1 atom stereocenters. The number of aromatic nitrogens is 2.